The fraction of sp³-hybridized carbons (Fsp3) is 0.556. The maximum atomic E-state index is 10.3. The summed E-state index contributed by atoms with van der Waals surface area (Å²) < 4.78 is 6.25. The quantitative estimate of drug-likeness (QED) is 0.744. The van der Waals surface area contributed by atoms with Gasteiger partial charge in [-0.25, -0.2) is 0 Å². The standard InChI is InChI=1S/C18H23NO2/c1-11-7-8-14(20)17-16(11)18-9-10-19(3)12(2)13(18)5-4-6-15(18)21-17/h4-5,7-8,12-13,15,20H,6,9-10H2,1-3H3/t12-,13+,15+,18-/m1/s1. The maximum absolute atomic E-state index is 10.3. The van der Waals surface area contributed by atoms with Gasteiger partial charge in [-0.05, 0) is 45.5 Å². The van der Waals surface area contributed by atoms with E-state index < -0.39 is 0 Å². The first-order valence-corrected chi connectivity index (χ1v) is 7.92. The minimum Gasteiger partial charge on any atom is -0.504 e. The van der Waals surface area contributed by atoms with E-state index in [9.17, 15) is 5.11 Å². The van der Waals surface area contributed by atoms with Gasteiger partial charge in [-0.15, -0.1) is 0 Å². The molecule has 0 unspecified atom stereocenters. The minimum atomic E-state index is 0.0405. The molecule has 1 saturated heterocycles. The Kier molecular flexibility index (Phi) is 2.68. The molecule has 4 atom stereocenters. The fourth-order valence-electron chi connectivity index (χ4n) is 4.82. The molecule has 0 saturated carbocycles. The lowest BCUT2D eigenvalue weighted by Crippen LogP contribution is -2.58. The van der Waals surface area contributed by atoms with E-state index in [0.717, 1.165) is 25.1 Å². The molecule has 0 bridgehead atoms. The first-order valence-electron chi connectivity index (χ1n) is 7.92. The molecule has 0 radical (unpaired) electrons. The monoisotopic (exact) mass is 285 g/mol. The van der Waals surface area contributed by atoms with Crippen molar-refractivity contribution in [1.29, 1.82) is 0 Å². The van der Waals surface area contributed by atoms with Crippen molar-refractivity contribution < 1.29 is 9.84 Å². The summed E-state index contributed by atoms with van der Waals surface area (Å²) in [4.78, 5) is 2.44. The average Bonchev–Trinajstić information content (AvgIpc) is 2.83. The number of phenolic OH excluding ortho intramolecular Hbond substituents is 1. The third-order valence-corrected chi connectivity index (χ3v) is 6.03. The van der Waals surface area contributed by atoms with Crippen molar-refractivity contribution in [2.45, 2.75) is 44.2 Å². The van der Waals surface area contributed by atoms with Crippen LogP contribution in [0.1, 0.15) is 30.9 Å². The molecule has 4 rings (SSSR count). The van der Waals surface area contributed by atoms with E-state index in [0.29, 0.717) is 17.7 Å². The van der Waals surface area contributed by atoms with Crippen molar-refractivity contribution in [3.05, 3.63) is 35.4 Å². The van der Waals surface area contributed by atoms with E-state index >= 15 is 0 Å². The second-order valence-electron chi connectivity index (χ2n) is 6.91. The number of phenols is 1. The molecule has 2 heterocycles. The van der Waals surface area contributed by atoms with Gasteiger partial charge < -0.3 is 14.7 Å². The summed E-state index contributed by atoms with van der Waals surface area (Å²) in [6, 6.07) is 4.30. The molecule has 1 fully saturated rings. The van der Waals surface area contributed by atoms with E-state index in [2.05, 4.69) is 37.9 Å². The number of nitrogens with zero attached hydrogens (tertiary/aromatic N) is 1. The van der Waals surface area contributed by atoms with E-state index in [-0.39, 0.29) is 11.5 Å². The Bertz CT molecular complexity index is 624. The smallest absolute Gasteiger partial charge is 0.165 e. The van der Waals surface area contributed by atoms with E-state index in [1.54, 1.807) is 6.07 Å². The van der Waals surface area contributed by atoms with Crippen molar-refractivity contribution in [2.24, 2.45) is 5.92 Å². The summed E-state index contributed by atoms with van der Waals surface area (Å²) in [5, 5.41) is 10.3. The summed E-state index contributed by atoms with van der Waals surface area (Å²) in [6.07, 6.45) is 6.87. The third-order valence-electron chi connectivity index (χ3n) is 6.03. The average molecular weight is 285 g/mol. The Balaban J connectivity index is 1.95. The van der Waals surface area contributed by atoms with Gasteiger partial charge in [-0.2, -0.15) is 0 Å². The molecule has 21 heavy (non-hydrogen) atoms. The summed E-state index contributed by atoms with van der Waals surface area (Å²) >= 11 is 0. The molecule has 2 aliphatic heterocycles. The van der Waals surface area contributed by atoms with E-state index in [4.69, 9.17) is 4.74 Å². The lowest BCUT2D eigenvalue weighted by Gasteiger charge is -2.52. The van der Waals surface area contributed by atoms with Crippen molar-refractivity contribution in [2.75, 3.05) is 13.6 Å². The Hall–Kier alpha value is -1.48. The largest absolute Gasteiger partial charge is 0.504 e. The molecular formula is C18H23NO2. The van der Waals surface area contributed by atoms with E-state index in [1.165, 1.54) is 11.1 Å². The number of piperidine rings is 1. The lowest BCUT2D eigenvalue weighted by atomic mass is 9.58. The van der Waals surface area contributed by atoms with Crippen molar-refractivity contribution in [1.82, 2.24) is 4.90 Å². The Morgan fingerprint density at radius 2 is 2.19 bits per heavy atom. The zero-order valence-electron chi connectivity index (χ0n) is 13.0. The number of fused-ring (bicyclic) bond motifs is 1. The highest BCUT2D eigenvalue weighted by Gasteiger charge is 2.58. The van der Waals surface area contributed by atoms with Gasteiger partial charge in [0, 0.05) is 29.4 Å². The van der Waals surface area contributed by atoms with Crippen LogP contribution in [0.5, 0.6) is 11.5 Å². The molecule has 0 aromatic heterocycles. The van der Waals surface area contributed by atoms with Crippen LogP contribution >= 0.6 is 0 Å². The van der Waals surface area contributed by atoms with Gasteiger partial charge in [-0.1, -0.05) is 18.2 Å². The molecule has 112 valence electrons. The highest BCUT2D eigenvalue weighted by Crippen LogP contribution is 2.59. The van der Waals surface area contributed by atoms with Crippen LogP contribution in [0.15, 0.2) is 24.3 Å². The zero-order chi connectivity index (χ0) is 14.8. The van der Waals surface area contributed by atoms with Crippen LogP contribution in [0.25, 0.3) is 0 Å². The number of benzene rings is 1. The summed E-state index contributed by atoms with van der Waals surface area (Å²) in [7, 11) is 2.21. The Morgan fingerprint density at radius 3 is 3.00 bits per heavy atom. The van der Waals surface area contributed by atoms with Crippen LogP contribution in [0.3, 0.4) is 0 Å². The van der Waals surface area contributed by atoms with Crippen LogP contribution in [-0.2, 0) is 5.41 Å². The number of likely N-dealkylation sites (tertiary alicyclic amines) is 1. The summed E-state index contributed by atoms with van der Waals surface area (Å²) in [6.45, 7) is 5.55. The number of hydrogen-bond donors (Lipinski definition) is 1. The van der Waals surface area contributed by atoms with E-state index in [1.807, 2.05) is 6.07 Å². The Morgan fingerprint density at radius 1 is 1.38 bits per heavy atom. The predicted molar refractivity (Wildman–Crippen MR) is 82.9 cm³/mol. The SMILES string of the molecule is Cc1ccc(O)c2c1[C@]13CCN(C)[C@H](C)[C@@H]1C=CC[C@@H]3O2. The van der Waals surface area contributed by atoms with Gasteiger partial charge in [0.2, 0.25) is 0 Å². The van der Waals surface area contributed by atoms with Gasteiger partial charge in [0.05, 0.1) is 0 Å². The van der Waals surface area contributed by atoms with Gasteiger partial charge in [0.25, 0.3) is 0 Å². The summed E-state index contributed by atoms with van der Waals surface area (Å²) in [5.74, 6) is 1.49. The van der Waals surface area contributed by atoms with Crippen LogP contribution < -0.4 is 4.74 Å². The molecular weight excluding hydrogens is 262 g/mol. The Labute approximate surface area is 126 Å². The second-order valence-corrected chi connectivity index (χ2v) is 6.91. The first-order chi connectivity index (χ1) is 10.1. The number of rotatable bonds is 0. The number of ether oxygens (including phenoxy) is 1. The van der Waals surface area contributed by atoms with Crippen molar-refractivity contribution in [3.63, 3.8) is 0 Å². The number of aromatic hydroxyl groups is 1. The number of aryl methyl sites for hydroxylation is 1. The zero-order valence-corrected chi connectivity index (χ0v) is 13.0. The highest BCUT2D eigenvalue weighted by molar-refractivity contribution is 5.59. The van der Waals surface area contributed by atoms with Crippen LogP contribution in [0, 0.1) is 12.8 Å². The molecule has 1 spiro atoms. The van der Waals surface area contributed by atoms with Crippen molar-refractivity contribution in [3.8, 4) is 11.5 Å². The molecule has 1 N–H and O–H groups in total. The predicted octanol–water partition coefficient (Wildman–Crippen LogP) is 3.00. The van der Waals surface area contributed by atoms with Crippen LogP contribution in [-0.4, -0.2) is 35.7 Å². The lowest BCUT2D eigenvalue weighted by molar-refractivity contribution is 0.0159. The maximum Gasteiger partial charge on any atom is 0.165 e. The topological polar surface area (TPSA) is 32.7 Å². The molecule has 0 amide bonds. The van der Waals surface area contributed by atoms with Crippen LogP contribution in [0.4, 0.5) is 0 Å². The fourth-order valence-corrected chi connectivity index (χ4v) is 4.82. The second kappa shape index (κ2) is 4.26. The number of hydrogen-bond acceptors (Lipinski definition) is 3. The van der Waals surface area contributed by atoms with Gasteiger partial charge in [0.1, 0.15) is 6.10 Å². The molecule has 3 heteroatoms. The third kappa shape index (κ3) is 1.53. The molecule has 3 aliphatic rings. The molecule has 1 aliphatic carbocycles. The minimum absolute atomic E-state index is 0.0405. The molecule has 1 aromatic rings. The van der Waals surface area contributed by atoms with Gasteiger partial charge in [0.15, 0.2) is 11.5 Å². The normalized spacial score (nSPS) is 37.6. The van der Waals surface area contributed by atoms with Crippen molar-refractivity contribution >= 4 is 0 Å². The van der Waals surface area contributed by atoms with Gasteiger partial charge >= 0.3 is 0 Å². The molecule has 1 aromatic carbocycles. The molecule has 3 nitrogen and oxygen atoms in total. The summed E-state index contributed by atoms with van der Waals surface area (Å²) in [5.41, 5.74) is 2.56. The first kappa shape index (κ1) is 13.2. The van der Waals surface area contributed by atoms with Crippen LogP contribution in [0.2, 0.25) is 0 Å². The van der Waals surface area contributed by atoms with Gasteiger partial charge in [-0.3, -0.25) is 0 Å². The highest BCUT2D eigenvalue weighted by atomic mass is 16.5.